The maximum absolute atomic E-state index is 12.7. The van der Waals surface area contributed by atoms with Crippen LogP contribution in [0.2, 0.25) is 0 Å². The molecule has 3 rings (SSSR count). The number of hydrogen-bond acceptors (Lipinski definition) is 2. The summed E-state index contributed by atoms with van der Waals surface area (Å²) in [5, 5.41) is 2.98. The predicted octanol–water partition coefficient (Wildman–Crippen LogP) is 4.12. The number of halogens is 1. The van der Waals surface area contributed by atoms with Crippen LogP contribution >= 0.6 is 22.6 Å². The van der Waals surface area contributed by atoms with E-state index in [0.29, 0.717) is 5.69 Å². The summed E-state index contributed by atoms with van der Waals surface area (Å²) in [6.45, 7) is 5.86. The molecule has 0 aliphatic heterocycles. The van der Waals surface area contributed by atoms with Crippen molar-refractivity contribution in [3.05, 3.63) is 62.6 Å². The number of carbonyl (C=O) groups is 1. The first-order valence-electron chi connectivity index (χ1n) is 6.98. The maximum Gasteiger partial charge on any atom is 0.274 e. The number of amides is 1. The van der Waals surface area contributed by atoms with E-state index in [2.05, 4.69) is 32.9 Å². The summed E-state index contributed by atoms with van der Waals surface area (Å²) in [6, 6.07) is 9.90. The van der Waals surface area contributed by atoms with Crippen molar-refractivity contribution in [1.29, 1.82) is 0 Å². The van der Waals surface area contributed by atoms with Crippen LogP contribution in [0.4, 0.5) is 5.69 Å². The lowest BCUT2D eigenvalue weighted by Gasteiger charge is -2.09. The Labute approximate surface area is 142 Å². The third-order valence-corrected chi connectivity index (χ3v) is 4.28. The average Bonchev–Trinajstić information content (AvgIpc) is 2.76. The number of nitrogens with zero attached hydrogens (tertiary/aromatic N) is 2. The van der Waals surface area contributed by atoms with Crippen LogP contribution in [0.25, 0.3) is 5.65 Å². The van der Waals surface area contributed by atoms with Crippen LogP contribution in [0.15, 0.2) is 36.5 Å². The Morgan fingerprint density at radius 1 is 1.18 bits per heavy atom. The number of imidazole rings is 1. The molecule has 0 aliphatic carbocycles. The van der Waals surface area contributed by atoms with Gasteiger partial charge in [-0.25, -0.2) is 4.98 Å². The topological polar surface area (TPSA) is 46.4 Å². The average molecular weight is 405 g/mol. The zero-order valence-corrected chi connectivity index (χ0v) is 14.8. The van der Waals surface area contributed by atoms with Crippen LogP contribution in [0, 0.1) is 24.3 Å². The van der Waals surface area contributed by atoms with Crippen LogP contribution in [0.5, 0.6) is 0 Å². The standard InChI is InChI=1S/C17H16IN3O/c1-10-6-7-21-15(8-10)19-12(3)16(21)17(22)20-14-5-4-13(18)9-11(14)2/h4-9H,1-3H3,(H,20,22). The van der Waals surface area contributed by atoms with Crippen molar-refractivity contribution in [2.45, 2.75) is 20.8 Å². The Kier molecular flexibility index (Phi) is 3.90. The number of hydrogen-bond donors (Lipinski definition) is 1. The molecular weight excluding hydrogens is 389 g/mol. The first-order valence-corrected chi connectivity index (χ1v) is 8.06. The molecule has 1 amide bonds. The summed E-state index contributed by atoms with van der Waals surface area (Å²) in [5.74, 6) is -0.141. The molecule has 4 nitrogen and oxygen atoms in total. The Morgan fingerprint density at radius 3 is 2.68 bits per heavy atom. The number of pyridine rings is 1. The fourth-order valence-corrected chi connectivity index (χ4v) is 3.13. The van der Waals surface area contributed by atoms with Crippen LogP contribution in [-0.4, -0.2) is 15.3 Å². The molecule has 112 valence electrons. The van der Waals surface area contributed by atoms with Crippen molar-refractivity contribution >= 4 is 39.8 Å². The van der Waals surface area contributed by atoms with Gasteiger partial charge < -0.3 is 5.32 Å². The van der Waals surface area contributed by atoms with Gasteiger partial charge in [0, 0.05) is 15.5 Å². The van der Waals surface area contributed by atoms with E-state index >= 15 is 0 Å². The molecule has 0 radical (unpaired) electrons. The smallest absolute Gasteiger partial charge is 0.274 e. The minimum absolute atomic E-state index is 0.141. The van der Waals surface area contributed by atoms with Gasteiger partial charge in [0.05, 0.1) is 5.69 Å². The predicted molar refractivity (Wildman–Crippen MR) is 96.5 cm³/mol. The van der Waals surface area contributed by atoms with Gasteiger partial charge >= 0.3 is 0 Å². The van der Waals surface area contributed by atoms with Crippen LogP contribution < -0.4 is 5.32 Å². The second kappa shape index (κ2) is 5.72. The van der Waals surface area contributed by atoms with E-state index in [1.807, 2.05) is 61.7 Å². The highest BCUT2D eigenvalue weighted by Gasteiger charge is 2.17. The Morgan fingerprint density at radius 2 is 1.95 bits per heavy atom. The first-order chi connectivity index (χ1) is 10.5. The molecule has 0 atom stereocenters. The van der Waals surface area contributed by atoms with E-state index in [1.54, 1.807) is 0 Å². The molecule has 22 heavy (non-hydrogen) atoms. The zero-order chi connectivity index (χ0) is 15.9. The number of anilines is 1. The van der Waals surface area contributed by atoms with Gasteiger partial charge in [-0.2, -0.15) is 0 Å². The number of nitrogens with one attached hydrogen (secondary N) is 1. The van der Waals surface area contributed by atoms with Gasteiger partial charge in [-0.05, 0) is 84.8 Å². The molecule has 1 N–H and O–H groups in total. The van der Waals surface area contributed by atoms with Gasteiger partial charge in [-0.15, -0.1) is 0 Å². The molecule has 5 heteroatoms. The lowest BCUT2D eigenvalue weighted by Crippen LogP contribution is -2.16. The monoisotopic (exact) mass is 405 g/mol. The van der Waals surface area contributed by atoms with Crippen molar-refractivity contribution in [2.75, 3.05) is 5.32 Å². The molecule has 0 spiro atoms. The second-order valence-electron chi connectivity index (χ2n) is 5.39. The Hall–Kier alpha value is -1.89. The normalized spacial score (nSPS) is 10.9. The maximum atomic E-state index is 12.7. The summed E-state index contributed by atoms with van der Waals surface area (Å²) >= 11 is 2.26. The van der Waals surface area contributed by atoms with Gasteiger partial charge in [0.1, 0.15) is 11.3 Å². The SMILES string of the molecule is Cc1ccn2c(C(=O)Nc3ccc(I)cc3C)c(C)nc2c1. The number of fused-ring (bicyclic) bond motifs is 1. The fourth-order valence-electron chi connectivity index (χ4n) is 2.49. The number of aryl methyl sites for hydroxylation is 3. The van der Waals surface area contributed by atoms with Crippen LogP contribution in [-0.2, 0) is 0 Å². The number of aromatic nitrogens is 2. The van der Waals surface area contributed by atoms with Crippen molar-refractivity contribution in [3.8, 4) is 0 Å². The first kappa shape index (κ1) is 15.0. The van der Waals surface area contributed by atoms with Gasteiger partial charge in [0.15, 0.2) is 0 Å². The van der Waals surface area contributed by atoms with Gasteiger partial charge in [0.2, 0.25) is 0 Å². The highest BCUT2D eigenvalue weighted by atomic mass is 127. The lowest BCUT2D eigenvalue weighted by atomic mass is 10.2. The van der Waals surface area contributed by atoms with Crippen LogP contribution in [0.3, 0.4) is 0 Å². The quantitative estimate of drug-likeness (QED) is 0.653. The lowest BCUT2D eigenvalue weighted by molar-refractivity contribution is 0.102. The van der Waals surface area contributed by atoms with E-state index in [4.69, 9.17) is 0 Å². The summed E-state index contributed by atoms with van der Waals surface area (Å²) in [6.07, 6.45) is 1.89. The molecule has 0 bridgehead atoms. The fraction of sp³-hybridized carbons (Fsp3) is 0.176. The molecule has 0 unspecified atom stereocenters. The number of benzene rings is 1. The third-order valence-electron chi connectivity index (χ3n) is 3.61. The molecular formula is C17H16IN3O. The van der Waals surface area contributed by atoms with E-state index in [-0.39, 0.29) is 5.91 Å². The van der Waals surface area contributed by atoms with Crippen molar-refractivity contribution in [3.63, 3.8) is 0 Å². The zero-order valence-electron chi connectivity index (χ0n) is 12.6. The largest absolute Gasteiger partial charge is 0.320 e. The van der Waals surface area contributed by atoms with Gasteiger partial charge in [-0.3, -0.25) is 9.20 Å². The summed E-state index contributed by atoms with van der Waals surface area (Å²) in [5.41, 5.74) is 5.09. The van der Waals surface area contributed by atoms with Crippen molar-refractivity contribution in [1.82, 2.24) is 9.38 Å². The van der Waals surface area contributed by atoms with Crippen molar-refractivity contribution in [2.24, 2.45) is 0 Å². The summed E-state index contributed by atoms with van der Waals surface area (Å²) in [7, 11) is 0. The highest BCUT2D eigenvalue weighted by molar-refractivity contribution is 14.1. The highest BCUT2D eigenvalue weighted by Crippen LogP contribution is 2.20. The third kappa shape index (κ3) is 2.72. The summed E-state index contributed by atoms with van der Waals surface area (Å²) in [4.78, 5) is 17.1. The molecule has 0 fully saturated rings. The van der Waals surface area contributed by atoms with E-state index < -0.39 is 0 Å². The summed E-state index contributed by atoms with van der Waals surface area (Å²) < 4.78 is 2.98. The molecule has 0 saturated heterocycles. The van der Waals surface area contributed by atoms with E-state index in [9.17, 15) is 4.79 Å². The van der Waals surface area contributed by atoms with E-state index in [1.165, 1.54) is 0 Å². The Bertz CT molecular complexity index is 883. The molecule has 1 aromatic carbocycles. The minimum Gasteiger partial charge on any atom is -0.320 e. The van der Waals surface area contributed by atoms with E-state index in [0.717, 1.165) is 31.7 Å². The molecule has 0 aliphatic rings. The number of rotatable bonds is 2. The van der Waals surface area contributed by atoms with Crippen molar-refractivity contribution < 1.29 is 4.79 Å². The molecule has 2 heterocycles. The second-order valence-corrected chi connectivity index (χ2v) is 6.64. The van der Waals surface area contributed by atoms with Gasteiger partial charge in [-0.1, -0.05) is 0 Å². The number of carbonyl (C=O) groups excluding carboxylic acids is 1. The van der Waals surface area contributed by atoms with Gasteiger partial charge in [0.25, 0.3) is 5.91 Å². The molecule has 0 saturated carbocycles. The van der Waals surface area contributed by atoms with Crippen LogP contribution in [0.1, 0.15) is 27.3 Å². The minimum atomic E-state index is -0.141. The molecule has 2 aromatic heterocycles. The molecule has 3 aromatic rings. The Balaban J connectivity index is 2.00.